The standard InChI is InChI=1S/C25H24ClN3O6/c1-3-33-21-11-7-19(8-12-21)25(30)28-27-15-18-13-22(26)24(23(14-18)34-4-2)35-16-17-5-9-20(10-6-17)29(31)32/h5-15H,3-4,16H2,1-2H3,(H,28,30)/b27-15-. The van der Waals surface area contributed by atoms with Crippen molar-refractivity contribution in [3.05, 3.63) is 92.5 Å². The summed E-state index contributed by atoms with van der Waals surface area (Å²) in [6.07, 6.45) is 1.45. The number of nitrogens with one attached hydrogen (secondary N) is 1. The van der Waals surface area contributed by atoms with Crippen molar-refractivity contribution in [2.75, 3.05) is 13.2 Å². The molecule has 0 aliphatic carbocycles. The lowest BCUT2D eigenvalue weighted by atomic mass is 10.2. The molecule has 0 heterocycles. The van der Waals surface area contributed by atoms with Crippen molar-refractivity contribution in [2.45, 2.75) is 20.5 Å². The molecule has 0 aromatic heterocycles. The molecule has 3 aromatic carbocycles. The Morgan fingerprint density at radius 2 is 1.71 bits per heavy atom. The number of hydrazone groups is 1. The van der Waals surface area contributed by atoms with Crippen molar-refractivity contribution in [1.82, 2.24) is 5.43 Å². The van der Waals surface area contributed by atoms with Gasteiger partial charge in [0, 0.05) is 17.7 Å². The maximum absolute atomic E-state index is 12.3. The molecule has 3 rings (SSSR count). The third-order valence-corrected chi connectivity index (χ3v) is 4.95. The van der Waals surface area contributed by atoms with Gasteiger partial charge < -0.3 is 14.2 Å². The van der Waals surface area contributed by atoms with Crippen molar-refractivity contribution in [3.63, 3.8) is 0 Å². The molecule has 3 aromatic rings. The van der Waals surface area contributed by atoms with Gasteiger partial charge in [0.25, 0.3) is 11.6 Å². The SMILES string of the molecule is CCOc1ccc(C(=O)N/N=C\c2cc(Cl)c(OCc3ccc([N+](=O)[O-])cc3)c(OCC)c2)cc1. The van der Waals surface area contributed by atoms with E-state index >= 15 is 0 Å². The van der Waals surface area contributed by atoms with Gasteiger partial charge in [-0.2, -0.15) is 5.10 Å². The van der Waals surface area contributed by atoms with Crippen LogP contribution in [0.25, 0.3) is 0 Å². The largest absolute Gasteiger partial charge is 0.494 e. The fraction of sp³-hybridized carbons (Fsp3) is 0.200. The number of benzene rings is 3. The van der Waals surface area contributed by atoms with Crippen LogP contribution in [0, 0.1) is 10.1 Å². The average molecular weight is 498 g/mol. The van der Waals surface area contributed by atoms with E-state index in [-0.39, 0.29) is 23.2 Å². The lowest BCUT2D eigenvalue weighted by Gasteiger charge is -2.14. The van der Waals surface area contributed by atoms with Gasteiger partial charge in [-0.15, -0.1) is 0 Å². The number of carbonyl (C=O) groups is 1. The summed E-state index contributed by atoms with van der Waals surface area (Å²) in [6.45, 7) is 4.77. The second-order valence-electron chi connectivity index (χ2n) is 7.13. The number of non-ortho nitro benzene ring substituents is 1. The number of nitro benzene ring substituents is 1. The highest BCUT2D eigenvalue weighted by molar-refractivity contribution is 6.32. The summed E-state index contributed by atoms with van der Waals surface area (Å²) in [7, 11) is 0. The van der Waals surface area contributed by atoms with Gasteiger partial charge in [0.05, 0.1) is 29.4 Å². The summed E-state index contributed by atoms with van der Waals surface area (Å²) in [5, 5.41) is 15.1. The van der Waals surface area contributed by atoms with Crippen molar-refractivity contribution < 1.29 is 23.9 Å². The second kappa shape index (κ2) is 12.4. The quantitative estimate of drug-likeness (QED) is 0.216. The number of carbonyl (C=O) groups excluding carboxylic acids is 1. The van der Waals surface area contributed by atoms with Gasteiger partial charge >= 0.3 is 0 Å². The summed E-state index contributed by atoms with van der Waals surface area (Å²) in [4.78, 5) is 22.6. The monoisotopic (exact) mass is 497 g/mol. The van der Waals surface area contributed by atoms with Crippen LogP contribution in [-0.4, -0.2) is 30.3 Å². The van der Waals surface area contributed by atoms with Crippen molar-refractivity contribution in [1.29, 1.82) is 0 Å². The van der Waals surface area contributed by atoms with Crippen LogP contribution in [0.4, 0.5) is 5.69 Å². The molecule has 9 nitrogen and oxygen atoms in total. The topological polar surface area (TPSA) is 112 Å². The Bertz CT molecular complexity index is 1200. The molecule has 0 radical (unpaired) electrons. The van der Waals surface area contributed by atoms with E-state index < -0.39 is 4.92 Å². The summed E-state index contributed by atoms with van der Waals surface area (Å²) in [5.74, 6) is 1.05. The smallest absolute Gasteiger partial charge is 0.271 e. The normalized spacial score (nSPS) is 10.7. The molecular formula is C25H24ClN3O6. The third-order valence-electron chi connectivity index (χ3n) is 4.67. The van der Waals surface area contributed by atoms with Crippen molar-refractivity contribution in [3.8, 4) is 17.2 Å². The number of nitro groups is 1. The Kier molecular flexibility index (Phi) is 9.02. The van der Waals surface area contributed by atoms with Crippen LogP contribution < -0.4 is 19.6 Å². The molecule has 0 atom stereocenters. The number of ether oxygens (including phenoxy) is 3. The first-order valence-electron chi connectivity index (χ1n) is 10.8. The van der Waals surface area contributed by atoms with Gasteiger partial charge in [0.15, 0.2) is 11.5 Å². The van der Waals surface area contributed by atoms with E-state index in [0.29, 0.717) is 41.6 Å². The highest BCUT2D eigenvalue weighted by atomic mass is 35.5. The van der Waals surface area contributed by atoms with Crippen molar-refractivity contribution in [2.24, 2.45) is 5.10 Å². The van der Waals surface area contributed by atoms with E-state index in [1.807, 2.05) is 13.8 Å². The molecule has 0 unspecified atom stereocenters. The van der Waals surface area contributed by atoms with Crippen LogP contribution in [0.3, 0.4) is 0 Å². The number of rotatable bonds is 11. The van der Waals surface area contributed by atoms with Gasteiger partial charge in [0.1, 0.15) is 12.4 Å². The number of hydrogen-bond acceptors (Lipinski definition) is 7. The number of halogens is 1. The van der Waals surface area contributed by atoms with E-state index in [1.54, 1.807) is 48.5 Å². The zero-order valence-electron chi connectivity index (χ0n) is 19.2. The molecule has 1 amide bonds. The first-order chi connectivity index (χ1) is 16.9. The highest BCUT2D eigenvalue weighted by Crippen LogP contribution is 2.37. The fourth-order valence-electron chi connectivity index (χ4n) is 3.03. The lowest BCUT2D eigenvalue weighted by molar-refractivity contribution is -0.384. The minimum absolute atomic E-state index is 0.0000401. The minimum atomic E-state index is -0.463. The third kappa shape index (κ3) is 7.18. The summed E-state index contributed by atoms with van der Waals surface area (Å²) in [5.41, 5.74) is 4.23. The minimum Gasteiger partial charge on any atom is -0.494 e. The molecule has 0 fully saturated rings. The van der Waals surface area contributed by atoms with Crippen LogP contribution >= 0.6 is 11.6 Å². The van der Waals surface area contributed by atoms with Crippen LogP contribution in [0.1, 0.15) is 35.3 Å². The molecule has 0 spiro atoms. The molecular weight excluding hydrogens is 474 g/mol. The molecule has 1 N–H and O–H groups in total. The van der Waals surface area contributed by atoms with E-state index in [9.17, 15) is 14.9 Å². The van der Waals surface area contributed by atoms with Crippen LogP contribution in [-0.2, 0) is 6.61 Å². The first-order valence-corrected chi connectivity index (χ1v) is 11.2. The number of nitrogens with zero attached hydrogens (tertiary/aromatic N) is 2. The van der Waals surface area contributed by atoms with Crippen LogP contribution in [0.15, 0.2) is 65.8 Å². The maximum atomic E-state index is 12.3. The molecule has 0 saturated carbocycles. The highest BCUT2D eigenvalue weighted by Gasteiger charge is 2.13. The Balaban J connectivity index is 1.67. The Morgan fingerprint density at radius 1 is 1.03 bits per heavy atom. The Morgan fingerprint density at radius 3 is 2.34 bits per heavy atom. The molecule has 35 heavy (non-hydrogen) atoms. The average Bonchev–Trinajstić information content (AvgIpc) is 2.84. The van der Waals surface area contributed by atoms with Crippen molar-refractivity contribution >= 4 is 29.4 Å². The fourth-order valence-corrected chi connectivity index (χ4v) is 3.31. The molecule has 0 aliphatic heterocycles. The van der Waals surface area contributed by atoms with Gasteiger partial charge in [0.2, 0.25) is 0 Å². The van der Waals surface area contributed by atoms with Gasteiger partial charge in [-0.1, -0.05) is 11.6 Å². The van der Waals surface area contributed by atoms with E-state index in [2.05, 4.69) is 10.5 Å². The lowest BCUT2D eigenvalue weighted by Crippen LogP contribution is -2.17. The Hall–Kier alpha value is -4.11. The number of amides is 1. The molecule has 0 saturated heterocycles. The van der Waals surface area contributed by atoms with Gasteiger partial charge in [-0.05, 0) is 73.5 Å². The molecule has 10 heteroatoms. The van der Waals surface area contributed by atoms with Gasteiger partial charge in [-0.25, -0.2) is 5.43 Å². The molecule has 0 bridgehead atoms. The van der Waals surface area contributed by atoms with E-state index in [1.165, 1.54) is 18.3 Å². The second-order valence-corrected chi connectivity index (χ2v) is 7.54. The van der Waals surface area contributed by atoms with E-state index in [0.717, 1.165) is 5.56 Å². The summed E-state index contributed by atoms with van der Waals surface area (Å²) >= 11 is 6.43. The summed E-state index contributed by atoms with van der Waals surface area (Å²) in [6, 6.07) is 16.1. The van der Waals surface area contributed by atoms with E-state index in [4.69, 9.17) is 25.8 Å². The maximum Gasteiger partial charge on any atom is 0.271 e. The predicted molar refractivity (Wildman–Crippen MR) is 133 cm³/mol. The Labute approximate surface area is 207 Å². The zero-order valence-corrected chi connectivity index (χ0v) is 19.9. The first kappa shape index (κ1) is 25.5. The zero-order chi connectivity index (χ0) is 25.2. The van der Waals surface area contributed by atoms with Crippen LogP contribution in [0.5, 0.6) is 17.2 Å². The van der Waals surface area contributed by atoms with Crippen LogP contribution in [0.2, 0.25) is 5.02 Å². The summed E-state index contributed by atoms with van der Waals surface area (Å²) < 4.78 is 16.9. The molecule has 182 valence electrons. The van der Waals surface area contributed by atoms with Gasteiger partial charge in [-0.3, -0.25) is 14.9 Å². The number of hydrogen-bond donors (Lipinski definition) is 1. The molecule has 0 aliphatic rings. The predicted octanol–water partition coefficient (Wildman–Crippen LogP) is 5.39.